The van der Waals surface area contributed by atoms with E-state index in [-0.39, 0.29) is 5.91 Å². The lowest BCUT2D eigenvalue weighted by molar-refractivity contribution is -0.115. The van der Waals surface area contributed by atoms with Crippen LogP contribution in [-0.2, 0) is 11.2 Å². The number of halogens is 1. The molecule has 34 heavy (non-hydrogen) atoms. The fraction of sp³-hybridized carbons (Fsp3) is 0.214. The Balaban J connectivity index is 1.36. The van der Waals surface area contributed by atoms with E-state index in [4.69, 9.17) is 0 Å². The zero-order valence-corrected chi connectivity index (χ0v) is 20.8. The molecular formula is C28H27BrN4O. The van der Waals surface area contributed by atoms with Gasteiger partial charge in [-0.1, -0.05) is 36.4 Å². The Morgan fingerprint density at radius 1 is 0.941 bits per heavy atom. The van der Waals surface area contributed by atoms with E-state index in [0.717, 1.165) is 69.5 Å². The van der Waals surface area contributed by atoms with Gasteiger partial charge >= 0.3 is 0 Å². The number of nitrogens with one attached hydrogen (secondary N) is 1. The number of hydrogen-bond donors (Lipinski definition) is 1. The van der Waals surface area contributed by atoms with Crippen molar-refractivity contribution >= 4 is 44.0 Å². The molecule has 0 bridgehead atoms. The topological polar surface area (TPSA) is 48.5 Å². The van der Waals surface area contributed by atoms with E-state index in [9.17, 15) is 4.79 Å². The summed E-state index contributed by atoms with van der Waals surface area (Å²) in [5, 5.41) is 5.35. The first-order chi connectivity index (χ1) is 16.6. The highest BCUT2D eigenvalue weighted by Gasteiger charge is 2.17. The molecule has 0 saturated carbocycles. The maximum Gasteiger partial charge on any atom is 0.228 e. The normalized spacial score (nSPS) is 14.4. The first kappa shape index (κ1) is 22.6. The molecule has 1 amide bonds. The summed E-state index contributed by atoms with van der Waals surface area (Å²) in [6, 6.07) is 22.5. The van der Waals surface area contributed by atoms with E-state index in [1.54, 1.807) is 12.4 Å². The highest BCUT2D eigenvalue weighted by Crippen LogP contribution is 2.32. The summed E-state index contributed by atoms with van der Waals surface area (Å²) >= 11 is 3.68. The first-order valence-electron chi connectivity index (χ1n) is 11.5. The molecule has 2 heterocycles. The summed E-state index contributed by atoms with van der Waals surface area (Å²) in [6.45, 7) is 4.02. The van der Waals surface area contributed by atoms with E-state index >= 15 is 0 Å². The molecule has 6 heteroatoms. The predicted molar refractivity (Wildman–Crippen MR) is 143 cm³/mol. The number of rotatable bonds is 5. The summed E-state index contributed by atoms with van der Waals surface area (Å²) in [4.78, 5) is 21.9. The SMILES string of the molecule is CN1CCN(c2cc(NC(=O)Cc3ccc(-c4ccncc4)c4ccccc34)ccc2Br)CC1. The third kappa shape index (κ3) is 4.83. The van der Waals surface area contributed by atoms with Gasteiger partial charge in [0.25, 0.3) is 0 Å². The molecule has 1 N–H and O–H groups in total. The third-order valence-electron chi connectivity index (χ3n) is 6.43. The molecule has 172 valence electrons. The smallest absolute Gasteiger partial charge is 0.228 e. The van der Waals surface area contributed by atoms with Crippen molar-refractivity contribution in [1.82, 2.24) is 9.88 Å². The van der Waals surface area contributed by atoms with E-state index < -0.39 is 0 Å². The number of nitrogens with zero attached hydrogens (tertiary/aromatic N) is 3. The molecule has 1 aliphatic rings. The van der Waals surface area contributed by atoms with Gasteiger partial charge in [-0.05, 0) is 80.8 Å². The second-order valence-electron chi connectivity index (χ2n) is 8.74. The quantitative estimate of drug-likeness (QED) is 0.376. The number of benzene rings is 3. The van der Waals surface area contributed by atoms with E-state index in [1.807, 2.05) is 36.4 Å². The monoisotopic (exact) mass is 514 g/mol. The van der Waals surface area contributed by atoms with Crippen LogP contribution in [0, 0.1) is 0 Å². The van der Waals surface area contributed by atoms with E-state index in [0.29, 0.717) is 6.42 Å². The minimum atomic E-state index is -0.0199. The van der Waals surface area contributed by atoms with Crippen LogP contribution in [0.25, 0.3) is 21.9 Å². The Bertz CT molecular complexity index is 1320. The molecule has 3 aromatic carbocycles. The Labute approximate surface area is 208 Å². The molecule has 4 aromatic rings. The van der Waals surface area contributed by atoms with Gasteiger partial charge in [-0.25, -0.2) is 0 Å². The third-order valence-corrected chi connectivity index (χ3v) is 7.10. The van der Waals surface area contributed by atoms with E-state index in [1.165, 1.54) is 0 Å². The first-order valence-corrected chi connectivity index (χ1v) is 12.3. The number of carbonyl (C=O) groups is 1. The van der Waals surface area contributed by atoms with Crippen LogP contribution in [0.1, 0.15) is 5.56 Å². The van der Waals surface area contributed by atoms with Crippen molar-refractivity contribution < 1.29 is 4.79 Å². The summed E-state index contributed by atoms with van der Waals surface area (Å²) in [5.41, 5.74) is 5.22. The highest BCUT2D eigenvalue weighted by atomic mass is 79.9. The second-order valence-corrected chi connectivity index (χ2v) is 9.59. The number of fused-ring (bicyclic) bond motifs is 1. The van der Waals surface area contributed by atoms with Gasteiger partial charge < -0.3 is 15.1 Å². The average molecular weight is 515 g/mol. The van der Waals surface area contributed by atoms with Crippen molar-refractivity contribution in [3.63, 3.8) is 0 Å². The van der Waals surface area contributed by atoms with Crippen molar-refractivity contribution in [3.05, 3.63) is 89.2 Å². The van der Waals surface area contributed by atoms with Crippen LogP contribution in [0.3, 0.4) is 0 Å². The van der Waals surface area contributed by atoms with Gasteiger partial charge in [0.15, 0.2) is 0 Å². The number of aromatic nitrogens is 1. The molecule has 1 saturated heterocycles. The van der Waals surface area contributed by atoms with Crippen molar-refractivity contribution in [2.75, 3.05) is 43.4 Å². The molecule has 0 aliphatic carbocycles. The number of likely N-dealkylation sites (N-methyl/N-ethyl adjacent to an activating group) is 1. The standard InChI is InChI=1S/C28H27BrN4O/c1-32-14-16-33(17-15-32)27-19-22(7-9-26(27)29)31-28(34)18-21-6-8-24(20-10-12-30-13-11-20)25-5-3-2-4-23(21)25/h2-13,19H,14-18H2,1H3,(H,31,34). The zero-order valence-electron chi connectivity index (χ0n) is 19.2. The number of anilines is 2. The molecule has 0 atom stereocenters. The van der Waals surface area contributed by atoms with Crippen LogP contribution in [0.5, 0.6) is 0 Å². The molecular weight excluding hydrogens is 488 g/mol. The number of piperazine rings is 1. The average Bonchev–Trinajstić information content (AvgIpc) is 2.86. The van der Waals surface area contributed by atoms with Crippen molar-refractivity contribution in [3.8, 4) is 11.1 Å². The molecule has 5 rings (SSSR count). The maximum absolute atomic E-state index is 13.0. The summed E-state index contributed by atoms with van der Waals surface area (Å²) < 4.78 is 1.05. The van der Waals surface area contributed by atoms with Crippen LogP contribution in [0.4, 0.5) is 11.4 Å². The summed E-state index contributed by atoms with van der Waals surface area (Å²) in [6.07, 6.45) is 3.93. The Kier molecular flexibility index (Phi) is 6.61. The molecule has 1 aliphatic heterocycles. The Morgan fingerprint density at radius 3 is 2.44 bits per heavy atom. The van der Waals surface area contributed by atoms with Crippen LogP contribution in [0.2, 0.25) is 0 Å². The van der Waals surface area contributed by atoms with Crippen molar-refractivity contribution in [2.45, 2.75) is 6.42 Å². The largest absolute Gasteiger partial charge is 0.368 e. The minimum absolute atomic E-state index is 0.0199. The van der Waals surface area contributed by atoms with Crippen LogP contribution in [-0.4, -0.2) is 49.0 Å². The molecule has 0 radical (unpaired) electrons. The van der Waals surface area contributed by atoms with Gasteiger partial charge in [0, 0.05) is 48.7 Å². The van der Waals surface area contributed by atoms with Gasteiger partial charge in [0.2, 0.25) is 5.91 Å². The van der Waals surface area contributed by atoms with Crippen LogP contribution < -0.4 is 10.2 Å². The maximum atomic E-state index is 13.0. The molecule has 1 aromatic heterocycles. The summed E-state index contributed by atoms with van der Waals surface area (Å²) in [7, 11) is 2.15. The fourth-order valence-electron chi connectivity index (χ4n) is 4.56. The number of hydrogen-bond acceptors (Lipinski definition) is 4. The number of pyridine rings is 1. The van der Waals surface area contributed by atoms with Gasteiger partial charge in [0.05, 0.1) is 12.1 Å². The Hall–Kier alpha value is -3.22. The second kappa shape index (κ2) is 9.95. The van der Waals surface area contributed by atoms with E-state index in [2.05, 4.69) is 73.4 Å². The van der Waals surface area contributed by atoms with Crippen molar-refractivity contribution in [2.24, 2.45) is 0 Å². The Morgan fingerprint density at radius 2 is 1.68 bits per heavy atom. The van der Waals surface area contributed by atoms with Crippen LogP contribution >= 0.6 is 15.9 Å². The molecule has 5 nitrogen and oxygen atoms in total. The molecule has 0 unspecified atom stereocenters. The fourth-order valence-corrected chi connectivity index (χ4v) is 5.05. The zero-order chi connectivity index (χ0) is 23.5. The van der Waals surface area contributed by atoms with Gasteiger partial charge in [0.1, 0.15) is 0 Å². The molecule has 1 fully saturated rings. The summed E-state index contributed by atoms with van der Waals surface area (Å²) in [5.74, 6) is -0.0199. The lowest BCUT2D eigenvalue weighted by atomic mass is 9.94. The number of amides is 1. The van der Waals surface area contributed by atoms with Crippen molar-refractivity contribution in [1.29, 1.82) is 0 Å². The lowest BCUT2D eigenvalue weighted by Gasteiger charge is -2.34. The van der Waals surface area contributed by atoms with Gasteiger partial charge in [-0.2, -0.15) is 0 Å². The lowest BCUT2D eigenvalue weighted by Crippen LogP contribution is -2.44. The number of carbonyl (C=O) groups excluding carboxylic acids is 1. The van der Waals surface area contributed by atoms with Gasteiger partial charge in [-0.3, -0.25) is 9.78 Å². The minimum Gasteiger partial charge on any atom is -0.368 e. The molecule has 0 spiro atoms. The predicted octanol–water partition coefficient (Wildman–Crippen LogP) is 5.60. The highest BCUT2D eigenvalue weighted by molar-refractivity contribution is 9.10. The van der Waals surface area contributed by atoms with Gasteiger partial charge in [-0.15, -0.1) is 0 Å². The van der Waals surface area contributed by atoms with Crippen LogP contribution in [0.15, 0.2) is 83.6 Å².